The van der Waals surface area contributed by atoms with E-state index < -0.39 is 23.4 Å². The maximum atomic E-state index is 13.6. The summed E-state index contributed by atoms with van der Waals surface area (Å²) in [4.78, 5) is 38.6. The fourth-order valence-corrected chi connectivity index (χ4v) is 5.27. The summed E-state index contributed by atoms with van der Waals surface area (Å²) in [6.45, 7) is 2.09. The molecule has 0 spiro atoms. The molecule has 4 rings (SSSR count). The maximum absolute atomic E-state index is 13.6. The average molecular weight is 508 g/mol. The van der Waals surface area contributed by atoms with Crippen molar-refractivity contribution in [2.45, 2.75) is 38.1 Å². The molecule has 3 heterocycles. The number of amides is 1. The van der Waals surface area contributed by atoms with Gasteiger partial charge < -0.3 is 15.1 Å². The predicted octanol–water partition coefficient (Wildman–Crippen LogP) is 4.92. The van der Waals surface area contributed by atoms with Gasteiger partial charge >= 0.3 is 11.9 Å². The minimum Gasteiger partial charge on any atom is -0.478 e. The number of hydrogen-bond acceptors (Lipinski definition) is 4. The third-order valence-electron chi connectivity index (χ3n) is 6.67. The lowest BCUT2D eigenvalue weighted by Crippen LogP contribution is -2.56. The molecule has 1 atom stereocenters. The van der Waals surface area contributed by atoms with E-state index in [1.54, 1.807) is 35.8 Å². The summed E-state index contributed by atoms with van der Waals surface area (Å²) in [5.41, 5.74) is 1.28. The van der Waals surface area contributed by atoms with Gasteiger partial charge in [0.2, 0.25) is 5.91 Å². The van der Waals surface area contributed by atoms with Gasteiger partial charge in [-0.15, -0.1) is 0 Å². The van der Waals surface area contributed by atoms with E-state index in [0.29, 0.717) is 53.7 Å². The third kappa shape index (κ3) is 4.64. The average Bonchev–Trinajstić information content (AvgIpc) is 3.26. The Labute approximate surface area is 213 Å². The Morgan fingerprint density at radius 2 is 1.86 bits per heavy atom. The molecule has 36 heavy (non-hydrogen) atoms. The van der Waals surface area contributed by atoms with Gasteiger partial charge in [0.15, 0.2) is 0 Å². The van der Waals surface area contributed by atoms with Crippen molar-refractivity contribution in [3.05, 3.63) is 77.0 Å². The molecule has 0 aliphatic carbocycles. The lowest BCUT2D eigenvalue weighted by Gasteiger charge is -2.47. The van der Waals surface area contributed by atoms with Crippen LogP contribution in [0.3, 0.4) is 0 Å². The number of carbonyl (C=O) groups excluding carboxylic acids is 1. The molecule has 3 aromatic rings. The van der Waals surface area contributed by atoms with Crippen LogP contribution in [-0.4, -0.2) is 54.7 Å². The highest BCUT2D eigenvalue weighted by atomic mass is 35.5. The number of piperidine rings is 1. The summed E-state index contributed by atoms with van der Waals surface area (Å²) in [5, 5.41) is 24.3. The monoisotopic (exact) mass is 507 g/mol. The molecule has 1 saturated heterocycles. The van der Waals surface area contributed by atoms with Crippen LogP contribution in [0.2, 0.25) is 5.02 Å². The van der Waals surface area contributed by atoms with E-state index in [0.717, 1.165) is 5.56 Å². The van der Waals surface area contributed by atoms with Crippen LogP contribution in [0.1, 0.15) is 38.2 Å². The standard InChI is InChI=1S/C27H26ClN3O5/c1-2-27(20(26(35)36)17-23(33)34)14-6-7-15-30(27)22(32)13-12-19-24(18-9-4-3-5-10-18)29-31-16-8-11-21(28)25(19)31/h3-5,8-13,16-17H,2,6-7,14-15H2,1H3,(H,33,34)(H,35,36)/b13-12?,20-17+. The molecule has 0 saturated carbocycles. The Bertz CT molecular complexity index is 1380. The Balaban J connectivity index is 1.79. The number of aliphatic carboxylic acids is 2. The second-order valence-electron chi connectivity index (χ2n) is 8.64. The van der Waals surface area contributed by atoms with Crippen LogP contribution in [0, 0.1) is 0 Å². The number of likely N-dealkylation sites (tertiary alicyclic amines) is 1. The molecule has 1 fully saturated rings. The maximum Gasteiger partial charge on any atom is 0.334 e. The number of rotatable bonds is 7. The zero-order chi connectivity index (χ0) is 25.9. The van der Waals surface area contributed by atoms with Crippen molar-refractivity contribution in [1.29, 1.82) is 0 Å². The van der Waals surface area contributed by atoms with Crippen molar-refractivity contribution in [2.75, 3.05) is 6.54 Å². The van der Waals surface area contributed by atoms with Crippen molar-refractivity contribution >= 4 is 41.0 Å². The fraction of sp³-hybridized carbons (Fsp3) is 0.259. The Morgan fingerprint density at radius 3 is 2.53 bits per heavy atom. The number of fused-ring (bicyclic) bond motifs is 1. The first-order valence-electron chi connectivity index (χ1n) is 11.7. The molecule has 1 aliphatic heterocycles. The molecule has 2 aromatic heterocycles. The first kappa shape index (κ1) is 25.2. The number of aromatic nitrogens is 2. The van der Waals surface area contributed by atoms with Crippen LogP contribution in [0.25, 0.3) is 22.9 Å². The van der Waals surface area contributed by atoms with Gasteiger partial charge in [0, 0.05) is 36.0 Å². The highest BCUT2D eigenvalue weighted by Crippen LogP contribution is 2.38. The van der Waals surface area contributed by atoms with Crippen molar-refractivity contribution < 1.29 is 24.6 Å². The van der Waals surface area contributed by atoms with Gasteiger partial charge in [-0.05, 0) is 43.9 Å². The van der Waals surface area contributed by atoms with Crippen molar-refractivity contribution in [3.63, 3.8) is 0 Å². The molecule has 1 unspecified atom stereocenters. The third-order valence-corrected chi connectivity index (χ3v) is 6.98. The topological polar surface area (TPSA) is 112 Å². The normalized spacial score (nSPS) is 18.6. The van der Waals surface area contributed by atoms with Gasteiger partial charge in [-0.2, -0.15) is 5.10 Å². The van der Waals surface area contributed by atoms with Gasteiger partial charge in [0.1, 0.15) is 5.69 Å². The smallest absolute Gasteiger partial charge is 0.334 e. The second-order valence-corrected chi connectivity index (χ2v) is 9.05. The van der Waals surface area contributed by atoms with Gasteiger partial charge in [-0.3, -0.25) is 4.79 Å². The number of halogens is 1. The van der Waals surface area contributed by atoms with E-state index in [1.165, 1.54) is 11.0 Å². The van der Waals surface area contributed by atoms with E-state index in [1.807, 2.05) is 30.3 Å². The fourth-order valence-electron chi connectivity index (χ4n) is 5.01. The number of carboxylic acids is 2. The van der Waals surface area contributed by atoms with Crippen LogP contribution in [0.15, 0.2) is 66.4 Å². The first-order valence-corrected chi connectivity index (χ1v) is 12.1. The predicted molar refractivity (Wildman–Crippen MR) is 137 cm³/mol. The lowest BCUT2D eigenvalue weighted by molar-refractivity contribution is -0.140. The Kier molecular flexibility index (Phi) is 7.26. The highest BCUT2D eigenvalue weighted by Gasteiger charge is 2.45. The largest absolute Gasteiger partial charge is 0.478 e. The summed E-state index contributed by atoms with van der Waals surface area (Å²) in [7, 11) is 0. The van der Waals surface area contributed by atoms with E-state index >= 15 is 0 Å². The summed E-state index contributed by atoms with van der Waals surface area (Å²) in [5.74, 6) is -3.11. The molecule has 0 radical (unpaired) electrons. The highest BCUT2D eigenvalue weighted by molar-refractivity contribution is 6.34. The lowest BCUT2D eigenvalue weighted by atomic mass is 9.77. The summed E-state index contributed by atoms with van der Waals surface area (Å²) in [6.07, 6.45) is 7.54. The summed E-state index contributed by atoms with van der Waals surface area (Å²) >= 11 is 6.50. The van der Waals surface area contributed by atoms with E-state index in [-0.39, 0.29) is 12.0 Å². The number of nitrogens with zero attached hydrogens (tertiary/aromatic N) is 3. The summed E-state index contributed by atoms with van der Waals surface area (Å²) < 4.78 is 1.66. The zero-order valence-electron chi connectivity index (χ0n) is 19.7. The van der Waals surface area contributed by atoms with Gasteiger partial charge in [-0.1, -0.05) is 48.9 Å². The van der Waals surface area contributed by atoms with Crippen LogP contribution < -0.4 is 0 Å². The molecule has 2 N–H and O–H groups in total. The van der Waals surface area contributed by atoms with Crippen molar-refractivity contribution in [3.8, 4) is 11.3 Å². The minimum atomic E-state index is -1.36. The molecule has 1 amide bonds. The van der Waals surface area contributed by atoms with Crippen LogP contribution in [-0.2, 0) is 14.4 Å². The van der Waals surface area contributed by atoms with E-state index in [2.05, 4.69) is 5.10 Å². The van der Waals surface area contributed by atoms with Crippen LogP contribution in [0.4, 0.5) is 0 Å². The number of pyridine rings is 1. The SMILES string of the molecule is CCC1(/C(=C/C(=O)O)C(=O)O)CCCCN1C(=O)C=Cc1c(-c2ccccc2)nn2cccc(Cl)c12. The number of carbonyl (C=O) groups is 3. The van der Waals surface area contributed by atoms with Crippen LogP contribution >= 0.6 is 11.6 Å². The number of benzene rings is 1. The zero-order valence-corrected chi connectivity index (χ0v) is 20.5. The molecule has 1 aliphatic rings. The van der Waals surface area contributed by atoms with E-state index in [4.69, 9.17) is 11.6 Å². The van der Waals surface area contributed by atoms with Gasteiger partial charge in [0.05, 0.1) is 21.7 Å². The number of carboxylic acid groups (broad SMARTS) is 2. The molecular weight excluding hydrogens is 482 g/mol. The van der Waals surface area contributed by atoms with Crippen LogP contribution in [0.5, 0.6) is 0 Å². The molecular formula is C27H26ClN3O5. The molecule has 0 bridgehead atoms. The second kappa shape index (κ2) is 10.4. The minimum absolute atomic E-state index is 0.274. The Hall–Kier alpha value is -3.91. The quantitative estimate of drug-likeness (QED) is 0.439. The number of hydrogen-bond donors (Lipinski definition) is 2. The Morgan fingerprint density at radius 1 is 1.11 bits per heavy atom. The van der Waals surface area contributed by atoms with Crippen molar-refractivity contribution in [2.24, 2.45) is 0 Å². The molecule has 186 valence electrons. The molecule has 8 nitrogen and oxygen atoms in total. The van der Waals surface area contributed by atoms with Crippen molar-refractivity contribution in [1.82, 2.24) is 14.5 Å². The van der Waals surface area contributed by atoms with Gasteiger partial charge in [0.25, 0.3) is 0 Å². The van der Waals surface area contributed by atoms with E-state index in [9.17, 15) is 24.6 Å². The van der Waals surface area contributed by atoms with Gasteiger partial charge in [-0.25, -0.2) is 14.1 Å². The summed E-state index contributed by atoms with van der Waals surface area (Å²) in [6, 6.07) is 13.0. The first-order chi connectivity index (χ1) is 17.3. The molecule has 9 heteroatoms. The molecule has 1 aromatic carbocycles.